The van der Waals surface area contributed by atoms with E-state index in [1.165, 1.54) is 0 Å². The van der Waals surface area contributed by atoms with E-state index in [2.05, 4.69) is 4.74 Å². The molecule has 16 heavy (non-hydrogen) atoms. The summed E-state index contributed by atoms with van der Waals surface area (Å²) in [5.41, 5.74) is 0.826. The molecular formula is C11H11NO4. The predicted octanol–water partition coefficient (Wildman–Crippen LogP) is 1.17. The van der Waals surface area contributed by atoms with E-state index in [0.717, 1.165) is 10.5 Å². The standard InChI is InChI=1S/C11H11NO4/c1-15-9-4-2-3-8(5-9)6-12-10(13)7-16-11(12)14/h2-5H,6-7H2,1H3. The number of rotatable bonds is 3. The number of carbonyl (C=O) groups is 2. The van der Waals surface area contributed by atoms with Crippen molar-refractivity contribution in [1.29, 1.82) is 0 Å². The third kappa shape index (κ3) is 1.98. The zero-order valence-corrected chi connectivity index (χ0v) is 8.80. The van der Waals surface area contributed by atoms with Gasteiger partial charge < -0.3 is 9.47 Å². The minimum absolute atomic E-state index is 0.164. The van der Waals surface area contributed by atoms with Crippen molar-refractivity contribution in [3.63, 3.8) is 0 Å². The first-order valence-electron chi connectivity index (χ1n) is 4.81. The monoisotopic (exact) mass is 221 g/mol. The molecule has 0 aromatic heterocycles. The van der Waals surface area contributed by atoms with Gasteiger partial charge in [0.1, 0.15) is 5.75 Å². The van der Waals surface area contributed by atoms with Gasteiger partial charge in [-0.1, -0.05) is 12.1 Å². The topological polar surface area (TPSA) is 55.8 Å². The number of amides is 2. The van der Waals surface area contributed by atoms with Gasteiger partial charge in [0.15, 0.2) is 6.61 Å². The molecule has 0 aliphatic carbocycles. The Morgan fingerprint density at radius 2 is 2.25 bits per heavy atom. The average Bonchev–Trinajstić information content (AvgIpc) is 2.61. The number of hydrogen-bond donors (Lipinski definition) is 0. The molecule has 1 aromatic rings. The Bertz CT molecular complexity index is 414. The lowest BCUT2D eigenvalue weighted by atomic mass is 10.2. The molecule has 0 unspecified atom stereocenters. The third-order valence-corrected chi connectivity index (χ3v) is 2.32. The van der Waals surface area contributed by atoms with Crippen LogP contribution in [0.2, 0.25) is 0 Å². The molecule has 0 radical (unpaired) electrons. The van der Waals surface area contributed by atoms with Gasteiger partial charge in [0, 0.05) is 0 Å². The number of nitrogens with zero attached hydrogens (tertiary/aromatic N) is 1. The molecule has 0 spiro atoms. The van der Waals surface area contributed by atoms with Crippen LogP contribution in [0.3, 0.4) is 0 Å². The van der Waals surface area contributed by atoms with Crippen LogP contribution in [0.5, 0.6) is 5.75 Å². The van der Waals surface area contributed by atoms with Gasteiger partial charge in [-0.2, -0.15) is 0 Å². The lowest BCUT2D eigenvalue weighted by molar-refractivity contribution is -0.126. The van der Waals surface area contributed by atoms with E-state index in [-0.39, 0.29) is 19.1 Å². The summed E-state index contributed by atoms with van der Waals surface area (Å²) >= 11 is 0. The Balaban J connectivity index is 2.14. The Morgan fingerprint density at radius 1 is 1.44 bits per heavy atom. The van der Waals surface area contributed by atoms with Crippen LogP contribution < -0.4 is 4.74 Å². The smallest absolute Gasteiger partial charge is 0.417 e. The van der Waals surface area contributed by atoms with E-state index in [1.54, 1.807) is 25.3 Å². The van der Waals surface area contributed by atoms with E-state index >= 15 is 0 Å². The third-order valence-electron chi connectivity index (χ3n) is 2.32. The Hall–Kier alpha value is -2.04. The molecule has 0 bridgehead atoms. The predicted molar refractivity (Wildman–Crippen MR) is 54.9 cm³/mol. The Labute approximate surface area is 92.6 Å². The van der Waals surface area contributed by atoms with Crippen molar-refractivity contribution in [2.24, 2.45) is 0 Å². The van der Waals surface area contributed by atoms with Gasteiger partial charge in [0.2, 0.25) is 0 Å². The van der Waals surface area contributed by atoms with Crippen molar-refractivity contribution >= 4 is 12.0 Å². The van der Waals surface area contributed by atoms with Gasteiger partial charge in [-0.3, -0.25) is 4.79 Å². The van der Waals surface area contributed by atoms with Crippen LogP contribution in [0.15, 0.2) is 24.3 Å². The molecule has 1 fully saturated rings. The zero-order chi connectivity index (χ0) is 11.5. The summed E-state index contributed by atoms with van der Waals surface area (Å²) in [4.78, 5) is 23.6. The van der Waals surface area contributed by atoms with Gasteiger partial charge in [0.25, 0.3) is 5.91 Å². The summed E-state index contributed by atoms with van der Waals surface area (Å²) in [7, 11) is 1.56. The number of ether oxygens (including phenoxy) is 2. The highest BCUT2D eigenvalue weighted by Gasteiger charge is 2.30. The van der Waals surface area contributed by atoms with Crippen LogP contribution in [0.25, 0.3) is 0 Å². The van der Waals surface area contributed by atoms with E-state index in [4.69, 9.17) is 4.74 Å². The Morgan fingerprint density at radius 3 is 2.88 bits per heavy atom. The van der Waals surface area contributed by atoms with Crippen molar-refractivity contribution in [3.8, 4) is 5.75 Å². The fourth-order valence-electron chi connectivity index (χ4n) is 1.49. The molecule has 0 saturated carbocycles. The minimum atomic E-state index is -0.590. The van der Waals surface area contributed by atoms with Gasteiger partial charge in [-0.15, -0.1) is 0 Å². The van der Waals surface area contributed by atoms with E-state index < -0.39 is 6.09 Å². The highest BCUT2D eigenvalue weighted by atomic mass is 16.6. The molecule has 0 N–H and O–H groups in total. The van der Waals surface area contributed by atoms with Crippen LogP contribution in [0.4, 0.5) is 4.79 Å². The number of carbonyl (C=O) groups excluding carboxylic acids is 2. The SMILES string of the molecule is COc1cccc(CN2C(=O)COC2=O)c1. The van der Waals surface area contributed by atoms with Crippen LogP contribution in [-0.4, -0.2) is 30.6 Å². The van der Waals surface area contributed by atoms with Crippen molar-refractivity contribution in [3.05, 3.63) is 29.8 Å². The summed E-state index contributed by atoms with van der Waals surface area (Å²) in [5, 5.41) is 0. The van der Waals surface area contributed by atoms with Crippen LogP contribution in [-0.2, 0) is 16.1 Å². The lowest BCUT2D eigenvalue weighted by Crippen LogP contribution is -2.28. The minimum Gasteiger partial charge on any atom is -0.497 e. The lowest BCUT2D eigenvalue weighted by Gasteiger charge is -2.11. The number of cyclic esters (lactones) is 1. The second-order valence-corrected chi connectivity index (χ2v) is 3.39. The molecule has 1 aliphatic heterocycles. The number of imide groups is 1. The molecule has 5 nitrogen and oxygen atoms in total. The first-order chi connectivity index (χ1) is 7.70. The summed E-state index contributed by atoms with van der Waals surface area (Å²) in [6, 6.07) is 7.20. The second kappa shape index (κ2) is 4.22. The Kier molecular flexibility index (Phi) is 2.76. The molecule has 2 amide bonds. The zero-order valence-electron chi connectivity index (χ0n) is 8.80. The summed E-state index contributed by atoms with van der Waals surface area (Å²) < 4.78 is 9.67. The first-order valence-corrected chi connectivity index (χ1v) is 4.81. The fourth-order valence-corrected chi connectivity index (χ4v) is 1.49. The number of methoxy groups -OCH3 is 1. The van der Waals surface area contributed by atoms with Gasteiger partial charge in [-0.05, 0) is 17.7 Å². The number of hydrogen-bond acceptors (Lipinski definition) is 4. The van der Waals surface area contributed by atoms with Crippen molar-refractivity contribution in [1.82, 2.24) is 4.90 Å². The van der Waals surface area contributed by atoms with Crippen LogP contribution >= 0.6 is 0 Å². The molecular weight excluding hydrogens is 210 g/mol. The van der Waals surface area contributed by atoms with Crippen LogP contribution in [0, 0.1) is 0 Å². The summed E-state index contributed by atoms with van der Waals surface area (Å²) in [5.74, 6) is 0.380. The number of benzene rings is 1. The fraction of sp³-hybridized carbons (Fsp3) is 0.273. The molecule has 84 valence electrons. The molecule has 1 aliphatic rings. The first kappa shape index (κ1) is 10.5. The summed E-state index contributed by atoms with van der Waals surface area (Å²) in [6.45, 7) is 0.0532. The highest BCUT2D eigenvalue weighted by molar-refractivity contribution is 5.97. The normalized spacial score (nSPS) is 15.2. The maximum absolute atomic E-state index is 11.3. The average molecular weight is 221 g/mol. The van der Waals surface area contributed by atoms with Crippen LogP contribution in [0.1, 0.15) is 5.56 Å². The van der Waals surface area contributed by atoms with Gasteiger partial charge in [0.05, 0.1) is 13.7 Å². The molecule has 1 aromatic carbocycles. The quantitative estimate of drug-likeness (QED) is 0.768. The molecule has 1 saturated heterocycles. The molecule has 1 heterocycles. The van der Waals surface area contributed by atoms with Gasteiger partial charge in [-0.25, -0.2) is 9.69 Å². The van der Waals surface area contributed by atoms with Crippen molar-refractivity contribution in [2.75, 3.05) is 13.7 Å². The largest absolute Gasteiger partial charge is 0.497 e. The molecule has 0 atom stereocenters. The highest BCUT2D eigenvalue weighted by Crippen LogP contribution is 2.16. The maximum Gasteiger partial charge on any atom is 0.417 e. The molecule has 5 heteroatoms. The molecule has 2 rings (SSSR count). The van der Waals surface area contributed by atoms with Gasteiger partial charge >= 0.3 is 6.09 Å². The van der Waals surface area contributed by atoms with E-state index in [9.17, 15) is 9.59 Å². The van der Waals surface area contributed by atoms with Crippen molar-refractivity contribution < 1.29 is 19.1 Å². The second-order valence-electron chi connectivity index (χ2n) is 3.39. The maximum atomic E-state index is 11.3. The summed E-state index contributed by atoms with van der Waals surface area (Å²) in [6.07, 6.45) is -0.590. The van der Waals surface area contributed by atoms with Crippen molar-refractivity contribution in [2.45, 2.75) is 6.54 Å². The van der Waals surface area contributed by atoms with E-state index in [1.807, 2.05) is 6.07 Å². The van der Waals surface area contributed by atoms with E-state index in [0.29, 0.717) is 5.75 Å².